The molecule has 152 valence electrons. The lowest BCUT2D eigenvalue weighted by molar-refractivity contribution is 0.324. The standard InChI is InChI=1S/C22H24N2O5/c1-25-17-10-16(11-18(13-17)26-2)24-15-6-7-23-19(12-15)14-8-20(27-3)22(29-5)21(9-14)28-4/h6-13H,1-5H3,(H,23,24). The Morgan fingerprint density at radius 3 is 1.79 bits per heavy atom. The molecule has 3 rings (SSSR count). The van der Waals surface area contributed by atoms with E-state index in [1.165, 1.54) is 0 Å². The quantitative estimate of drug-likeness (QED) is 0.599. The summed E-state index contributed by atoms with van der Waals surface area (Å²) in [7, 11) is 7.98. The second-order valence-electron chi connectivity index (χ2n) is 6.07. The third-order valence-electron chi connectivity index (χ3n) is 4.36. The van der Waals surface area contributed by atoms with E-state index >= 15 is 0 Å². The monoisotopic (exact) mass is 396 g/mol. The first kappa shape index (κ1) is 20.1. The number of hydrogen-bond donors (Lipinski definition) is 1. The van der Waals surface area contributed by atoms with Gasteiger partial charge in [0.15, 0.2) is 11.5 Å². The molecule has 0 atom stereocenters. The Bertz CT molecular complexity index is 943. The average Bonchev–Trinajstić information content (AvgIpc) is 2.77. The fraction of sp³-hybridized carbons (Fsp3) is 0.227. The molecule has 0 aliphatic rings. The first-order valence-corrected chi connectivity index (χ1v) is 8.88. The van der Waals surface area contributed by atoms with Gasteiger partial charge in [-0.25, -0.2) is 0 Å². The van der Waals surface area contributed by atoms with E-state index in [2.05, 4.69) is 10.3 Å². The summed E-state index contributed by atoms with van der Waals surface area (Å²) < 4.78 is 26.9. The van der Waals surface area contributed by atoms with Gasteiger partial charge >= 0.3 is 0 Å². The lowest BCUT2D eigenvalue weighted by Gasteiger charge is -2.15. The van der Waals surface area contributed by atoms with E-state index in [0.29, 0.717) is 28.7 Å². The summed E-state index contributed by atoms with van der Waals surface area (Å²) in [5, 5.41) is 3.36. The van der Waals surface area contributed by atoms with Crippen LogP contribution < -0.4 is 29.0 Å². The Hall–Kier alpha value is -3.61. The predicted molar refractivity (Wildman–Crippen MR) is 112 cm³/mol. The van der Waals surface area contributed by atoms with E-state index in [1.54, 1.807) is 41.7 Å². The van der Waals surface area contributed by atoms with Gasteiger partial charge in [-0.3, -0.25) is 4.98 Å². The maximum atomic E-state index is 5.44. The molecule has 0 fully saturated rings. The zero-order valence-electron chi connectivity index (χ0n) is 17.1. The maximum absolute atomic E-state index is 5.44. The number of hydrogen-bond acceptors (Lipinski definition) is 7. The second-order valence-corrected chi connectivity index (χ2v) is 6.07. The fourth-order valence-corrected chi connectivity index (χ4v) is 2.94. The molecular formula is C22H24N2O5. The van der Waals surface area contributed by atoms with Gasteiger partial charge in [0.1, 0.15) is 11.5 Å². The Kier molecular flexibility index (Phi) is 6.29. The summed E-state index contributed by atoms with van der Waals surface area (Å²) >= 11 is 0. The van der Waals surface area contributed by atoms with Crippen molar-refractivity contribution < 1.29 is 23.7 Å². The summed E-state index contributed by atoms with van der Waals surface area (Å²) in [6.45, 7) is 0. The largest absolute Gasteiger partial charge is 0.497 e. The van der Waals surface area contributed by atoms with E-state index < -0.39 is 0 Å². The van der Waals surface area contributed by atoms with Crippen molar-refractivity contribution in [3.05, 3.63) is 48.7 Å². The Labute approximate surface area is 170 Å². The molecule has 0 saturated heterocycles. The van der Waals surface area contributed by atoms with Gasteiger partial charge in [0, 0.05) is 41.3 Å². The summed E-state index contributed by atoms with van der Waals surface area (Å²) in [5.74, 6) is 3.08. The normalized spacial score (nSPS) is 10.2. The van der Waals surface area contributed by atoms with Crippen LogP contribution in [0.25, 0.3) is 11.3 Å². The third-order valence-corrected chi connectivity index (χ3v) is 4.36. The van der Waals surface area contributed by atoms with Gasteiger partial charge in [0.05, 0.1) is 41.2 Å². The molecule has 0 spiro atoms. The van der Waals surface area contributed by atoms with Crippen molar-refractivity contribution in [3.63, 3.8) is 0 Å². The number of benzene rings is 2. The van der Waals surface area contributed by atoms with Crippen LogP contribution in [0.1, 0.15) is 0 Å². The van der Waals surface area contributed by atoms with Crippen LogP contribution in [0, 0.1) is 0 Å². The highest BCUT2D eigenvalue weighted by Crippen LogP contribution is 2.41. The van der Waals surface area contributed by atoms with Crippen LogP contribution >= 0.6 is 0 Å². The van der Waals surface area contributed by atoms with Crippen molar-refractivity contribution >= 4 is 11.4 Å². The van der Waals surface area contributed by atoms with Gasteiger partial charge in [0.25, 0.3) is 0 Å². The number of rotatable bonds is 8. The molecule has 0 aliphatic heterocycles. The SMILES string of the molecule is COc1cc(Nc2ccnc(-c3cc(OC)c(OC)c(OC)c3)c2)cc(OC)c1. The minimum atomic E-state index is 0.538. The highest BCUT2D eigenvalue weighted by atomic mass is 16.5. The van der Waals surface area contributed by atoms with Crippen molar-refractivity contribution in [2.75, 3.05) is 40.9 Å². The third kappa shape index (κ3) is 4.45. The summed E-state index contributed by atoms with van der Waals surface area (Å²) in [6, 6.07) is 13.1. The van der Waals surface area contributed by atoms with E-state index in [0.717, 1.165) is 22.6 Å². The maximum Gasteiger partial charge on any atom is 0.203 e. The van der Waals surface area contributed by atoms with Gasteiger partial charge in [-0.05, 0) is 24.3 Å². The number of anilines is 2. The van der Waals surface area contributed by atoms with E-state index in [-0.39, 0.29) is 0 Å². The second kappa shape index (κ2) is 9.05. The van der Waals surface area contributed by atoms with Gasteiger partial charge in [-0.15, -0.1) is 0 Å². The number of ether oxygens (including phenoxy) is 5. The van der Waals surface area contributed by atoms with Crippen molar-refractivity contribution in [1.29, 1.82) is 0 Å². The molecule has 2 aromatic carbocycles. The van der Waals surface area contributed by atoms with Crippen LogP contribution in [0.5, 0.6) is 28.7 Å². The smallest absolute Gasteiger partial charge is 0.203 e. The van der Waals surface area contributed by atoms with E-state index in [9.17, 15) is 0 Å². The van der Waals surface area contributed by atoms with Crippen molar-refractivity contribution in [1.82, 2.24) is 4.98 Å². The van der Waals surface area contributed by atoms with E-state index in [1.807, 2.05) is 42.5 Å². The summed E-state index contributed by atoms with van der Waals surface area (Å²) in [6.07, 6.45) is 1.73. The van der Waals surface area contributed by atoms with Crippen molar-refractivity contribution in [3.8, 4) is 40.0 Å². The number of aromatic nitrogens is 1. The average molecular weight is 396 g/mol. The molecule has 3 aromatic rings. The molecule has 1 heterocycles. The number of pyridine rings is 1. The Morgan fingerprint density at radius 1 is 0.655 bits per heavy atom. The first-order valence-electron chi connectivity index (χ1n) is 8.88. The molecule has 1 aromatic heterocycles. The van der Waals surface area contributed by atoms with Crippen LogP contribution in [0.15, 0.2) is 48.7 Å². The molecule has 1 N–H and O–H groups in total. The number of nitrogens with one attached hydrogen (secondary N) is 1. The molecule has 29 heavy (non-hydrogen) atoms. The van der Waals surface area contributed by atoms with Crippen LogP contribution in [-0.4, -0.2) is 40.5 Å². The minimum Gasteiger partial charge on any atom is -0.497 e. The van der Waals surface area contributed by atoms with Crippen LogP contribution in [-0.2, 0) is 0 Å². The van der Waals surface area contributed by atoms with Gasteiger partial charge < -0.3 is 29.0 Å². The molecule has 7 nitrogen and oxygen atoms in total. The molecule has 0 saturated carbocycles. The fourth-order valence-electron chi connectivity index (χ4n) is 2.94. The molecule has 0 bridgehead atoms. The molecule has 0 radical (unpaired) electrons. The Balaban J connectivity index is 1.96. The highest BCUT2D eigenvalue weighted by molar-refractivity contribution is 5.73. The summed E-state index contributed by atoms with van der Waals surface area (Å²) in [5.41, 5.74) is 3.29. The zero-order valence-corrected chi connectivity index (χ0v) is 17.1. The lowest BCUT2D eigenvalue weighted by Crippen LogP contribution is -1.97. The first-order chi connectivity index (χ1) is 14.1. The van der Waals surface area contributed by atoms with Crippen molar-refractivity contribution in [2.45, 2.75) is 0 Å². The molecule has 0 amide bonds. The topological polar surface area (TPSA) is 71.1 Å². The molecule has 7 heteroatoms. The van der Waals surface area contributed by atoms with E-state index in [4.69, 9.17) is 23.7 Å². The zero-order chi connectivity index (χ0) is 20.8. The van der Waals surface area contributed by atoms with Gasteiger partial charge in [-0.1, -0.05) is 0 Å². The number of nitrogens with zero attached hydrogens (tertiary/aromatic N) is 1. The minimum absolute atomic E-state index is 0.538. The Morgan fingerprint density at radius 2 is 1.28 bits per heavy atom. The molecule has 0 aliphatic carbocycles. The highest BCUT2D eigenvalue weighted by Gasteiger charge is 2.15. The van der Waals surface area contributed by atoms with Crippen LogP contribution in [0.2, 0.25) is 0 Å². The van der Waals surface area contributed by atoms with Crippen molar-refractivity contribution in [2.24, 2.45) is 0 Å². The molecular weight excluding hydrogens is 372 g/mol. The van der Waals surface area contributed by atoms with Crippen LogP contribution in [0.3, 0.4) is 0 Å². The summed E-state index contributed by atoms with van der Waals surface area (Å²) in [4.78, 5) is 4.48. The van der Waals surface area contributed by atoms with Gasteiger partial charge in [0.2, 0.25) is 5.75 Å². The lowest BCUT2D eigenvalue weighted by atomic mass is 10.1. The van der Waals surface area contributed by atoms with Crippen LogP contribution in [0.4, 0.5) is 11.4 Å². The van der Waals surface area contributed by atoms with Gasteiger partial charge in [-0.2, -0.15) is 0 Å². The molecule has 0 unspecified atom stereocenters. The number of methoxy groups -OCH3 is 5. The predicted octanol–water partition coefficient (Wildman–Crippen LogP) is 4.54.